The highest BCUT2D eigenvalue weighted by molar-refractivity contribution is 5.97. The van der Waals surface area contributed by atoms with Crippen molar-refractivity contribution in [3.63, 3.8) is 0 Å². The molecule has 9 heteroatoms. The van der Waals surface area contributed by atoms with Crippen molar-refractivity contribution in [1.82, 2.24) is 4.90 Å². The summed E-state index contributed by atoms with van der Waals surface area (Å²) in [5.74, 6) is -4.09. The van der Waals surface area contributed by atoms with E-state index in [1.807, 2.05) is 6.07 Å². The largest absolute Gasteiger partial charge is 0.469 e. The second-order valence-electron chi connectivity index (χ2n) is 5.78. The summed E-state index contributed by atoms with van der Waals surface area (Å²) in [4.78, 5) is 50.1. The highest BCUT2D eigenvalue weighted by atomic mass is 16.6. The average Bonchev–Trinajstić information content (AvgIpc) is 3.08. The number of ether oxygens (including phenoxy) is 4. The number of carbonyl (C=O) groups excluding carboxylic acids is 4. The van der Waals surface area contributed by atoms with Crippen LogP contribution >= 0.6 is 0 Å². The van der Waals surface area contributed by atoms with Gasteiger partial charge in [0.1, 0.15) is 6.61 Å². The van der Waals surface area contributed by atoms with Crippen LogP contribution in [0.15, 0.2) is 30.3 Å². The van der Waals surface area contributed by atoms with E-state index in [0.717, 1.165) is 19.8 Å². The van der Waals surface area contributed by atoms with Gasteiger partial charge in [-0.1, -0.05) is 30.3 Å². The van der Waals surface area contributed by atoms with Crippen molar-refractivity contribution in [3.8, 4) is 0 Å². The highest BCUT2D eigenvalue weighted by Gasteiger charge is 2.49. The fourth-order valence-corrected chi connectivity index (χ4v) is 3.03. The molecule has 0 spiro atoms. The van der Waals surface area contributed by atoms with E-state index in [2.05, 4.69) is 4.74 Å². The molecule has 1 amide bonds. The number of esters is 3. The van der Waals surface area contributed by atoms with Gasteiger partial charge >= 0.3 is 24.0 Å². The van der Waals surface area contributed by atoms with E-state index >= 15 is 0 Å². The van der Waals surface area contributed by atoms with Gasteiger partial charge in [0.25, 0.3) is 0 Å². The number of hydrogen-bond acceptors (Lipinski definition) is 8. The van der Waals surface area contributed by atoms with Gasteiger partial charge in [0, 0.05) is 0 Å². The van der Waals surface area contributed by atoms with Crippen LogP contribution in [-0.4, -0.2) is 62.9 Å². The van der Waals surface area contributed by atoms with Gasteiger partial charge < -0.3 is 18.9 Å². The Balaban J connectivity index is 2.49. The van der Waals surface area contributed by atoms with Crippen molar-refractivity contribution in [1.29, 1.82) is 0 Å². The second kappa shape index (κ2) is 9.02. The summed E-state index contributed by atoms with van der Waals surface area (Å²) in [6.07, 6.45) is -1.17. The van der Waals surface area contributed by atoms with Crippen LogP contribution in [0.4, 0.5) is 4.79 Å². The third kappa shape index (κ3) is 4.36. The van der Waals surface area contributed by atoms with Crippen LogP contribution in [0.2, 0.25) is 0 Å². The summed E-state index contributed by atoms with van der Waals surface area (Å²) in [5.41, 5.74) is 0.728. The standard InChI is InChI=1S/C18H21NO8/c1-24-14(20)9-12(15(16(21)25-2)17(22)26-3)19-13(10-27-18(19)23)11-7-5-4-6-8-11/h4-8,12-13,15H,9-10H2,1-3H3/t12-,13+/m0/s1. The summed E-state index contributed by atoms with van der Waals surface area (Å²) in [6.45, 7) is 0.00951. The normalized spacial score (nSPS) is 17.3. The summed E-state index contributed by atoms with van der Waals surface area (Å²) >= 11 is 0. The lowest BCUT2D eigenvalue weighted by atomic mass is 9.93. The molecule has 0 radical (unpaired) electrons. The second-order valence-corrected chi connectivity index (χ2v) is 5.78. The van der Waals surface area contributed by atoms with E-state index in [-0.39, 0.29) is 6.61 Å². The molecule has 2 rings (SSSR count). The van der Waals surface area contributed by atoms with Gasteiger partial charge in [-0.15, -0.1) is 0 Å². The van der Waals surface area contributed by atoms with Crippen LogP contribution in [0.5, 0.6) is 0 Å². The molecule has 1 fully saturated rings. The molecule has 1 aliphatic rings. The molecule has 1 heterocycles. The highest BCUT2D eigenvalue weighted by Crippen LogP contribution is 2.34. The van der Waals surface area contributed by atoms with Gasteiger partial charge in [0.2, 0.25) is 0 Å². The van der Waals surface area contributed by atoms with Crippen LogP contribution in [-0.2, 0) is 33.3 Å². The molecule has 1 aromatic carbocycles. The maximum atomic E-state index is 12.4. The smallest absolute Gasteiger partial charge is 0.410 e. The minimum atomic E-state index is -1.53. The number of carbonyl (C=O) groups is 4. The Hall–Kier alpha value is -3.10. The zero-order chi connectivity index (χ0) is 20.0. The van der Waals surface area contributed by atoms with Crippen molar-refractivity contribution in [2.24, 2.45) is 5.92 Å². The molecule has 1 saturated heterocycles. The van der Waals surface area contributed by atoms with Crippen molar-refractivity contribution in [3.05, 3.63) is 35.9 Å². The predicted octanol–water partition coefficient (Wildman–Crippen LogP) is 1.07. The Kier molecular flexibility index (Phi) is 6.75. The van der Waals surface area contributed by atoms with Gasteiger partial charge in [-0.3, -0.25) is 19.3 Å². The van der Waals surface area contributed by atoms with E-state index < -0.39 is 48.4 Å². The summed E-state index contributed by atoms with van der Waals surface area (Å²) in [5, 5.41) is 0. The summed E-state index contributed by atoms with van der Waals surface area (Å²) in [7, 11) is 3.37. The van der Waals surface area contributed by atoms with Crippen LogP contribution in [0.25, 0.3) is 0 Å². The molecule has 0 aliphatic carbocycles. The number of nitrogens with zero attached hydrogens (tertiary/aromatic N) is 1. The predicted molar refractivity (Wildman–Crippen MR) is 90.3 cm³/mol. The topological polar surface area (TPSA) is 108 Å². The molecule has 1 aromatic rings. The van der Waals surface area contributed by atoms with E-state index in [9.17, 15) is 19.2 Å². The minimum Gasteiger partial charge on any atom is -0.469 e. The third-order valence-electron chi connectivity index (χ3n) is 4.35. The van der Waals surface area contributed by atoms with Gasteiger partial charge in [-0.2, -0.15) is 0 Å². The lowest BCUT2D eigenvalue weighted by Gasteiger charge is -2.33. The SMILES string of the molecule is COC(=O)C[C@@H](C(C(=O)OC)C(=O)OC)N1C(=O)OC[C@@H]1c1ccccc1. The molecule has 1 aliphatic heterocycles. The lowest BCUT2D eigenvalue weighted by Crippen LogP contribution is -2.50. The maximum Gasteiger partial charge on any atom is 0.410 e. The first-order valence-corrected chi connectivity index (χ1v) is 8.17. The van der Waals surface area contributed by atoms with Crippen LogP contribution in [0.1, 0.15) is 18.0 Å². The quantitative estimate of drug-likeness (QED) is 0.393. The average molecular weight is 379 g/mol. The first-order valence-electron chi connectivity index (χ1n) is 8.17. The molecular formula is C18H21NO8. The van der Waals surface area contributed by atoms with Gasteiger partial charge in [-0.25, -0.2) is 4.79 Å². The third-order valence-corrected chi connectivity index (χ3v) is 4.35. The van der Waals surface area contributed by atoms with Crippen molar-refractivity contribution < 1.29 is 38.1 Å². The molecule has 27 heavy (non-hydrogen) atoms. The Morgan fingerprint density at radius 3 is 2.19 bits per heavy atom. The van der Waals surface area contributed by atoms with E-state index in [1.165, 1.54) is 12.0 Å². The van der Waals surface area contributed by atoms with E-state index in [4.69, 9.17) is 14.2 Å². The molecule has 0 saturated carbocycles. The molecule has 9 nitrogen and oxygen atoms in total. The number of methoxy groups -OCH3 is 3. The maximum absolute atomic E-state index is 12.4. The van der Waals surface area contributed by atoms with E-state index in [0.29, 0.717) is 0 Å². The fraction of sp³-hybridized carbons (Fsp3) is 0.444. The van der Waals surface area contributed by atoms with Crippen molar-refractivity contribution >= 4 is 24.0 Å². The molecule has 146 valence electrons. The Bertz CT molecular complexity index is 689. The lowest BCUT2D eigenvalue weighted by molar-refractivity contribution is -0.162. The zero-order valence-corrected chi connectivity index (χ0v) is 15.2. The first-order chi connectivity index (χ1) is 12.9. The molecule has 2 atom stereocenters. The number of benzene rings is 1. The molecule has 0 unspecified atom stereocenters. The monoisotopic (exact) mass is 379 g/mol. The van der Waals surface area contributed by atoms with Crippen LogP contribution in [0.3, 0.4) is 0 Å². The van der Waals surface area contributed by atoms with Gasteiger partial charge in [0.15, 0.2) is 5.92 Å². The van der Waals surface area contributed by atoms with Crippen molar-refractivity contribution in [2.75, 3.05) is 27.9 Å². The number of amides is 1. The number of cyclic esters (lactones) is 1. The first kappa shape index (κ1) is 20.2. The zero-order valence-electron chi connectivity index (χ0n) is 15.2. The molecule has 0 bridgehead atoms. The number of rotatable bonds is 7. The Morgan fingerprint density at radius 1 is 1.07 bits per heavy atom. The molecular weight excluding hydrogens is 358 g/mol. The fourth-order valence-electron chi connectivity index (χ4n) is 3.03. The van der Waals surface area contributed by atoms with Crippen molar-refractivity contribution in [2.45, 2.75) is 18.5 Å². The minimum absolute atomic E-state index is 0.00951. The van der Waals surface area contributed by atoms with E-state index in [1.54, 1.807) is 24.3 Å². The Morgan fingerprint density at radius 2 is 1.67 bits per heavy atom. The number of hydrogen-bond donors (Lipinski definition) is 0. The Labute approximate surface area is 156 Å². The summed E-state index contributed by atoms with van der Waals surface area (Å²) < 4.78 is 19.2. The van der Waals surface area contributed by atoms with Crippen LogP contribution < -0.4 is 0 Å². The molecule has 0 aromatic heterocycles. The molecule has 0 N–H and O–H groups in total. The van der Waals surface area contributed by atoms with Gasteiger partial charge in [-0.05, 0) is 5.56 Å². The van der Waals surface area contributed by atoms with Gasteiger partial charge in [0.05, 0.1) is 39.8 Å². The van der Waals surface area contributed by atoms with Crippen LogP contribution in [0, 0.1) is 5.92 Å². The summed E-state index contributed by atoms with van der Waals surface area (Å²) in [6, 6.07) is 7.14.